The van der Waals surface area contributed by atoms with Crippen molar-refractivity contribution in [2.45, 2.75) is 38.0 Å². The van der Waals surface area contributed by atoms with E-state index in [1.165, 1.54) is 0 Å². The Balaban J connectivity index is 2.34. The third kappa shape index (κ3) is 2.54. The summed E-state index contributed by atoms with van der Waals surface area (Å²) in [7, 11) is 0. The Kier molecular flexibility index (Phi) is 3.87. The van der Waals surface area contributed by atoms with Crippen molar-refractivity contribution in [1.82, 2.24) is 0 Å². The molecule has 2 rings (SSSR count). The SMILES string of the molecule is O=Cc1ccccc1C(C(F)F)C1CCCC1. The van der Waals surface area contributed by atoms with Gasteiger partial charge < -0.3 is 0 Å². The van der Waals surface area contributed by atoms with Gasteiger partial charge in [-0.25, -0.2) is 8.78 Å². The molecule has 1 nitrogen and oxygen atoms in total. The number of carbonyl (C=O) groups is 1. The average Bonchev–Trinajstić information content (AvgIpc) is 2.83. The lowest BCUT2D eigenvalue weighted by Gasteiger charge is -2.24. The standard InChI is InChI=1S/C14H16F2O/c15-14(16)13(10-5-1-2-6-10)12-8-4-3-7-11(12)9-17/h3-4,7-10,13-14H,1-2,5-6H2. The zero-order chi connectivity index (χ0) is 12.3. The van der Waals surface area contributed by atoms with Crippen LogP contribution in [0.5, 0.6) is 0 Å². The molecule has 1 fully saturated rings. The van der Waals surface area contributed by atoms with Crippen LogP contribution < -0.4 is 0 Å². The van der Waals surface area contributed by atoms with Gasteiger partial charge in [0.05, 0.1) is 0 Å². The highest BCUT2D eigenvalue weighted by molar-refractivity contribution is 5.77. The summed E-state index contributed by atoms with van der Waals surface area (Å²) in [6.45, 7) is 0. The van der Waals surface area contributed by atoms with E-state index in [4.69, 9.17) is 0 Å². The first-order valence-electron chi connectivity index (χ1n) is 6.06. The highest BCUT2D eigenvalue weighted by Crippen LogP contribution is 2.41. The molecule has 1 saturated carbocycles. The van der Waals surface area contributed by atoms with Gasteiger partial charge in [0, 0.05) is 11.5 Å². The predicted octanol–water partition coefficient (Wildman–Crippen LogP) is 4.04. The van der Waals surface area contributed by atoms with Crippen molar-refractivity contribution in [1.29, 1.82) is 0 Å². The topological polar surface area (TPSA) is 17.1 Å². The van der Waals surface area contributed by atoms with Crippen LogP contribution in [0.15, 0.2) is 24.3 Å². The molecule has 1 aliphatic rings. The number of benzene rings is 1. The smallest absolute Gasteiger partial charge is 0.245 e. The molecule has 1 aromatic carbocycles. The largest absolute Gasteiger partial charge is 0.298 e. The van der Waals surface area contributed by atoms with Crippen molar-refractivity contribution < 1.29 is 13.6 Å². The van der Waals surface area contributed by atoms with Gasteiger partial charge in [-0.1, -0.05) is 37.1 Å². The molecule has 0 saturated heterocycles. The molecule has 1 atom stereocenters. The maximum atomic E-state index is 13.2. The lowest BCUT2D eigenvalue weighted by molar-refractivity contribution is 0.0861. The summed E-state index contributed by atoms with van der Waals surface area (Å²) in [4.78, 5) is 10.9. The zero-order valence-electron chi connectivity index (χ0n) is 9.61. The summed E-state index contributed by atoms with van der Waals surface area (Å²) >= 11 is 0. The number of aldehydes is 1. The Labute approximate surface area is 99.8 Å². The van der Waals surface area contributed by atoms with Crippen LogP contribution in [0.3, 0.4) is 0 Å². The number of hydrogen-bond acceptors (Lipinski definition) is 1. The van der Waals surface area contributed by atoms with Crippen LogP contribution in [0.4, 0.5) is 8.78 Å². The van der Waals surface area contributed by atoms with Crippen molar-refractivity contribution >= 4 is 6.29 Å². The van der Waals surface area contributed by atoms with E-state index >= 15 is 0 Å². The summed E-state index contributed by atoms with van der Waals surface area (Å²) in [5, 5.41) is 0. The molecule has 0 heterocycles. The molecule has 0 radical (unpaired) electrons. The molecule has 0 aromatic heterocycles. The molecule has 0 spiro atoms. The van der Waals surface area contributed by atoms with Gasteiger partial charge in [-0.15, -0.1) is 0 Å². The minimum Gasteiger partial charge on any atom is -0.298 e. The summed E-state index contributed by atoms with van der Waals surface area (Å²) < 4.78 is 26.5. The summed E-state index contributed by atoms with van der Waals surface area (Å²) in [5.74, 6) is -0.755. The lowest BCUT2D eigenvalue weighted by Crippen LogP contribution is -2.19. The molecule has 3 heteroatoms. The van der Waals surface area contributed by atoms with Crippen LogP contribution in [0.2, 0.25) is 0 Å². The van der Waals surface area contributed by atoms with Crippen LogP contribution in [-0.4, -0.2) is 12.7 Å². The molecular weight excluding hydrogens is 222 g/mol. The van der Waals surface area contributed by atoms with Gasteiger partial charge in [-0.3, -0.25) is 4.79 Å². The average molecular weight is 238 g/mol. The van der Waals surface area contributed by atoms with Crippen molar-refractivity contribution in [2.75, 3.05) is 0 Å². The molecular formula is C14H16F2O. The molecule has 1 aliphatic carbocycles. The molecule has 1 unspecified atom stereocenters. The predicted molar refractivity (Wildman–Crippen MR) is 62.5 cm³/mol. The van der Waals surface area contributed by atoms with Gasteiger partial charge in [0.25, 0.3) is 0 Å². The van der Waals surface area contributed by atoms with Crippen LogP contribution in [0.25, 0.3) is 0 Å². The first-order valence-corrected chi connectivity index (χ1v) is 6.06. The third-order valence-electron chi connectivity index (χ3n) is 3.66. The molecule has 17 heavy (non-hydrogen) atoms. The van der Waals surface area contributed by atoms with E-state index in [-0.39, 0.29) is 5.92 Å². The summed E-state index contributed by atoms with van der Waals surface area (Å²) in [5.41, 5.74) is 0.925. The maximum Gasteiger partial charge on any atom is 0.245 e. The Morgan fingerprint density at radius 3 is 2.41 bits per heavy atom. The Bertz CT molecular complexity index is 384. The van der Waals surface area contributed by atoms with Crippen molar-refractivity contribution in [3.8, 4) is 0 Å². The van der Waals surface area contributed by atoms with Crippen molar-refractivity contribution in [2.24, 2.45) is 5.92 Å². The monoisotopic (exact) mass is 238 g/mol. The van der Waals surface area contributed by atoms with Gasteiger partial charge in [-0.05, 0) is 24.3 Å². The van der Waals surface area contributed by atoms with Gasteiger partial charge >= 0.3 is 0 Å². The lowest BCUT2D eigenvalue weighted by atomic mass is 9.83. The number of carbonyl (C=O) groups excluding carboxylic acids is 1. The van der Waals surface area contributed by atoms with Gasteiger partial charge in [0.2, 0.25) is 6.43 Å². The van der Waals surface area contributed by atoms with Crippen LogP contribution in [0.1, 0.15) is 47.5 Å². The second-order valence-corrected chi connectivity index (χ2v) is 4.65. The number of alkyl halides is 2. The van der Waals surface area contributed by atoms with Crippen LogP contribution >= 0.6 is 0 Å². The van der Waals surface area contributed by atoms with E-state index in [9.17, 15) is 13.6 Å². The molecule has 0 N–H and O–H groups in total. The van der Waals surface area contributed by atoms with Gasteiger partial charge in [-0.2, -0.15) is 0 Å². The minimum atomic E-state index is -2.39. The van der Waals surface area contributed by atoms with Crippen LogP contribution in [-0.2, 0) is 0 Å². The van der Waals surface area contributed by atoms with Crippen molar-refractivity contribution in [3.63, 3.8) is 0 Å². The van der Waals surface area contributed by atoms with Crippen molar-refractivity contribution in [3.05, 3.63) is 35.4 Å². The molecule has 0 amide bonds. The Morgan fingerprint density at radius 1 is 1.18 bits per heavy atom. The second-order valence-electron chi connectivity index (χ2n) is 4.65. The van der Waals surface area contributed by atoms with E-state index < -0.39 is 12.3 Å². The highest BCUT2D eigenvalue weighted by atomic mass is 19.3. The second kappa shape index (κ2) is 5.39. The number of halogens is 2. The van der Waals surface area contributed by atoms with E-state index in [0.29, 0.717) is 17.4 Å². The number of hydrogen-bond donors (Lipinski definition) is 0. The number of rotatable bonds is 4. The molecule has 92 valence electrons. The van der Waals surface area contributed by atoms with E-state index in [0.717, 1.165) is 25.7 Å². The maximum absolute atomic E-state index is 13.2. The zero-order valence-corrected chi connectivity index (χ0v) is 9.61. The highest BCUT2D eigenvalue weighted by Gasteiger charge is 2.34. The third-order valence-corrected chi connectivity index (χ3v) is 3.66. The molecule has 0 aliphatic heterocycles. The Morgan fingerprint density at radius 2 is 1.82 bits per heavy atom. The fraction of sp³-hybridized carbons (Fsp3) is 0.500. The normalized spacial score (nSPS) is 18.5. The summed E-state index contributed by atoms with van der Waals surface area (Å²) in [6, 6.07) is 6.72. The van der Waals surface area contributed by atoms with E-state index in [2.05, 4.69) is 0 Å². The fourth-order valence-corrected chi connectivity index (χ4v) is 2.83. The summed E-state index contributed by atoms with van der Waals surface area (Å²) in [6.07, 6.45) is 2.04. The minimum absolute atomic E-state index is 0.0242. The van der Waals surface area contributed by atoms with Gasteiger partial charge in [0.15, 0.2) is 0 Å². The fourth-order valence-electron chi connectivity index (χ4n) is 2.83. The first kappa shape index (κ1) is 12.2. The van der Waals surface area contributed by atoms with E-state index in [1.54, 1.807) is 24.3 Å². The quantitative estimate of drug-likeness (QED) is 0.723. The molecule has 0 bridgehead atoms. The van der Waals surface area contributed by atoms with E-state index in [1.807, 2.05) is 0 Å². The first-order chi connectivity index (χ1) is 8.24. The van der Waals surface area contributed by atoms with Crippen LogP contribution in [0, 0.1) is 5.92 Å². The van der Waals surface area contributed by atoms with Gasteiger partial charge in [0.1, 0.15) is 6.29 Å². The molecule has 1 aromatic rings. The Hall–Kier alpha value is -1.25.